The Hall–Kier alpha value is -1.75. The van der Waals surface area contributed by atoms with E-state index in [2.05, 4.69) is 20.9 Å². The van der Waals surface area contributed by atoms with E-state index in [9.17, 15) is 9.18 Å². The van der Waals surface area contributed by atoms with Gasteiger partial charge in [-0.2, -0.15) is 0 Å². The molecule has 0 radical (unpaired) electrons. The van der Waals surface area contributed by atoms with Gasteiger partial charge in [0.05, 0.1) is 17.8 Å². The zero-order valence-electron chi connectivity index (χ0n) is 9.48. The predicted octanol–water partition coefficient (Wildman–Crippen LogP) is 3.22. The molecule has 1 aromatic heterocycles. The Kier molecular flexibility index (Phi) is 3.72. The molecular weight excluding hydrogens is 301 g/mol. The molecule has 3 nitrogen and oxygen atoms in total. The highest BCUT2D eigenvalue weighted by Gasteiger charge is 2.15. The Labute approximate surface area is 112 Å². The van der Waals surface area contributed by atoms with Crippen molar-refractivity contribution < 1.29 is 13.9 Å². The van der Waals surface area contributed by atoms with Crippen LogP contribution in [0, 0.1) is 5.82 Å². The van der Waals surface area contributed by atoms with Crippen LogP contribution in [-0.4, -0.2) is 17.9 Å². The lowest BCUT2D eigenvalue weighted by molar-refractivity contribution is 0.103. The van der Waals surface area contributed by atoms with Crippen LogP contribution in [0.5, 0.6) is 5.75 Å². The Bertz CT molecular complexity index is 601. The van der Waals surface area contributed by atoms with Crippen molar-refractivity contribution in [3.63, 3.8) is 0 Å². The third-order valence-corrected chi connectivity index (χ3v) is 3.21. The topological polar surface area (TPSA) is 39.2 Å². The summed E-state index contributed by atoms with van der Waals surface area (Å²) in [6, 6.07) is 5.88. The molecule has 0 unspecified atom stereocenters. The summed E-state index contributed by atoms with van der Waals surface area (Å²) in [7, 11) is 1.49. The summed E-state index contributed by atoms with van der Waals surface area (Å²) < 4.78 is 18.5. The minimum absolute atomic E-state index is 0.151. The average Bonchev–Trinajstić information content (AvgIpc) is 2.41. The van der Waals surface area contributed by atoms with Crippen molar-refractivity contribution in [1.29, 1.82) is 0 Å². The Morgan fingerprint density at radius 1 is 1.39 bits per heavy atom. The van der Waals surface area contributed by atoms with Crippen LogP contribution in [0.15, 0.2) is 41.1 Å². The molecule has 0 amide bonds. The zero-order valence-corrected chi connectivity index (χ0v) is 11.1. The van der Waals surface area contributed by atoms with Crippen molar-refractivity contribution >= 4 is 21.7 Å². The molecule has 0 atom stereocenters. The van der Waals surface area contributed by atoms with Crippen molar-refractivity contribution in [1.82, 2.24) is 4.98 Å². The van der Waals surface area contributed by atoms with Crippen LogP contribution >= 0.6 is 15.9 Å². The molecule has 2 rings (SSSR count). The number of hydrogen-bond acceptors (Lipinski definition) is 3. The molecule has 2 aromatic rings. The number of ketones is 1. The van der Waals surface area contributed by atoms with E-state index in [0.29, 0.717) is 11.3 Å². The lowest BCUT2D eigenvalue weighted by Crippen LogP contribution is -2.04. The van der Waals surface area contributed by atoms with Gasteiger partial charge in [-0.3, -0.25) is 9.78 Å². The molecule has 0 aliphatic carbocycles. The number of methoxy groups -OCH3 is 1. The Balaban J connectivity index is 2.44. The van der Waals surface area contributed by atoms with Crippen molar-refractivity contribution in [2.75, 3.05) is 7.11 Å². The lowest BCUT2D eigenvalue weighted by Gasteiger charge is -2.05. The second kappa shape index (κ2) is 5.27. The van der Waals surface area contributed by atoms with E-state index in [-0.39, 0.29) is 15.8 Å². The second-order valence-corrected chi connectivity index (χ2v) is 4.34. The first-order chi connectivity index (χ1) is 8.63. The molecule has 1 aromatic carbocycles. The number of nitrogens with zero attached hydrogens (tertiary/aromatic N) is 1. The maximum atomic E-state index is 13.4. The van der Waals surface area contributed by atoms with Gasteiger partial charge in [-0.15, -0.1) is 0 Å². The van der Waals surface area contributed by atoms with Gasteiger partial charge in [-0.05, 0) is 34.1 Å². The average molecular weight is 310 g/mol. The van der Waals surface area contributed by atoms with Crippen LogP contribution in [0.4, 0.5) is 4.39 Å². The van der Waals surface area contributed by atoms with Crippen molar-refractivity contribution in [3.05, 3.63) is 58.1 Å². The summed E-state index contributed by atoms with van der Waals surface area (Å²) in [5.41, 5.74) is 0.603. The highest BCUT2D eigenvalue weighted by Crippen LogP contribution is 2.23. The van der Waals surface area contributed by atoms with E-state index in [0.717, 1.165) is 0 Å². The van der Waals surface area contributed by atoms with E-state index in [1.54, 1.807) is 12.1 Å². The van der Waals surface area contributed by atoms with Gasteiger partial charge >= 0.3 is 0 Å². The summed E-state index contributed by atoms with van der Waals surface area (Å²) in [5, 5.41) is 0. The number of aromatic nitrogens is 1. The molecule has 0 aliphatic heterocycles. The summed E-state index contributed by atoms with van der Waals surface area (Å²) in [6.07, 6.45) is 2.92. The third-order valence-electron chi connectivity index (χ3n) is 2.41. The summed E-state index contributed by atoms with van der Waals surface area (Å²) >= 11 is 3.07. The fraction of sp³-hybridized carbons (Fsp3) is 0.0769. The van der Waals surface area contributed by atoms with Gasteiger partial charge in [-0.25, -0.2) is 4.39 Å². The van der Waals surface area contributed by atoms with Gasteiger partial charge in [0.15, 0.2) is 5.78 Å². The monoisotopic (exact) mass is 309 g/mol. The maximum Gasteiger partial charge on any atom is 0.195 e. The normalized spacial score (nSPS) is 10.2. The largest absolute Gasteiger partial charge is 0.495 e. The van der Waals surface area contributed by atoms with Gasteiger partial charge in [0.2, 0.25) is 0 Å². The first-order valence-corrected chi connectivity index (χ1v) is 5.90. The second-order valence-electron chi connectivity index (χ2n) is 3.54. The highest BCUT2D eigenvalue weighted by molar-refractivity contribution is 9.10. The van der Waals surface area contributed by atoms with Crippen LogP contribution in [0.2, 0.25) is 0 Å². The van der Waals surface area contributed by atoms with Crippen molar-refractivity contribution in [2.45, 2.75) is 0 Å². The number of benzene rings is 1. The molecule has 1 heterocycles. The number of ether oxygens (including phenoxy) is 1. The number of carbonyl (C=O) groups is 1. The minimum Gasteiger partial charge on any atom is -0.495 e. The van der Waals surface area contributed by atoms with Gasteiger partial charge in [0.25, 0.3) is 0 Å². The first-order valence-electron chi connectivity index (χ1n) is 5.11. The quantitative estimate of drug-likeness (QED) is 0.817. The van der Waals surface area contributed by atoms with Crippen molar-refractivity contribution in [2.24, 2.45) is 0 Å². The first kappa shape index (κ1) is 12.7. The number of carbonyl (C=O) groups excluding carboxylic acids is 1. The van der Waals surface area contributed by atoms with Gasteiger partial charge in [-0.1, -0.05) is 6.07 Å². The van der Waals surface area contributed by atoms with E-state index < -0.39 is 5.82 Å². The van der Waals surface area contributed by atoms with Gasteiger partial charge in [0, 0.05) is 17.3 Å². The summed E-state index contributed by atoms with van der Waals surface area (Å²) in [6.45, 7) is 0. The van der Waals surface area contributed by atoms with Crippen LogP contribution < -0.4 is 4.74 Å². The molecule has 18 heavy (non-hydrogen) atoms. The number of halogens is 2. The van der Waals surface area contributed by atoms with Gasteiger partial charge < -0.3 is 4.74 Å². The SMILES string of the molecule is COc1cncc(C(=O)c2cccc(F)c2Br)c1. The van der Waals surface area contributed by atoms with E-state index in [1.807, 2.05) is 0 Å². The van der Waals surface area contributed by atoms with Crippen LogP contribution in [0.1, 0.15) is 15.9 Å². The predicted molar refractivity (Wildman–Crippen MR) is 68.3 cm³/mol. The molecule has 5 heteroatoms. The molecule has 0 aliphatic rings. The zero-order chi connectivity index (χ0) is 13.1. The molecule has 0 spiro atoms. The van der Waals surface area contributed by atoms with Crippen LogP contribution in [-0.2, 0) is 0 Å². The standard InChI is InChI=1S/C13H9BrFNO2/c1-18-9-5-8(6-16-7-9)13(17)10-3-2-4-11(15)12(10)14/h2-7H,1H3. The molecule has 0 saturated carbocycles. The third kappa shape index (κ3) is 2.41. The van der Waals surface area contributed by atoms with Crippen molar-refractivity contribution in [3.8, 4) is 5.75 Å². The number of rotatable bonds is 3. The van der Waals surface area contributed by atoms with Gasteiger partial charge in [0.1, 0.15) is 11.6 Å². The summed E-state index contributed by atoms with van der Waals surface area (Å²) in [5.74, 6) is -0.308. The number of pyridine rings is 1. The minimum atomic E-state index is -0.475. The molecule has 92 valence electrons. The smallest absolute Gasteiger partial charge is 0.195 e. The highest BCUT2D eigenvalue weighted by atomic mass is 79.9. The Morgan fingerprint density at radius 3 is 2.89 bits per heavy atom. The van der Waals surface area contributed by atoms with Crippen LogP contribution in [0.25, 0.3) is 0 Å². The molecule has 0 bridgehead atoms. The fourth-order valence-electron chi connectivity index (χ4n) is 1.49. The Morgan fingerprint density at radius 2 is 2.17 bits per heavy atom. The fourth-order valence-corrected chi connectivity index (χ4v) is 1.93. The van der Waals surface area contributed by atoms with E-state index in [1.165, 1.54) is 31.6 Å². The lowest BCUT2D eigenvalue weighted by atomic mass is 10.0. The summed E-state index contributed by atoms with van der Waals surface area (Å²) in [4.78, 5) is 16.1. The van der Waals surface area contributed by atoms with E-state index in [4.69, 9.17) is 4.74 Å². The van der Waals surface area contributed by atoms with E-state index >= 15 is 0 Å². The number of hydrogen-bond donors (Lipinski definition) is 0. The van der Waals surface area contributed by atoms with Crippen LogP contribution in [0.3, 0.4) is 0 Å². The molecule has 0 saturated heterocycles. The maximum absolute atomic E-state index is 13.4. The molecule has 0 N–H and O–H groups in total. The molecule has 0 fully saturated rings. The molecular formula is C13H9BrFNO2.